The highest BCUT2D eigenvalue weighted by molar-refractivity contribution is 5.91. The number of hydrogen-bond donors (Lipinski definition) is 2. The summed E-state index contributed by atoms with van der Waals surface area (Å²) >= 11 is 0. The van der Waals surface area contributed by atoms with Crippen LogP contribution in [-0.4, -0.2) is 33.1 Å². The van der Waals surface area contributed by atoms with Crippen molar-refractivity contribution in [3.8, 4) is 23.0 Å². The maximum absolute atomic E-state index is 12.9. The van der Waals surface area contributed by atoms with Crippen molar-refractivity contribution in [1.82, 2.24) is 5.32 Å². The van der Waals surface area contributed by atoms with Crippen LogP contribution in [0.1, 0.15) is 11.1 Å². The number of fused-ring (bicyclic) bond motifs is 1. The molecule has 2 amide bonds. The van der Waals surface area contributed by atoms with Gasteiger partial charge in [0.15, 0.2) is 11.5 Å². The van der Waals surface area contributed by atoms with Gasteiger partial charge in [-0.2, -0.15) is 0 Å². The van der Waals surface area contributed by atoms with Gasteiger partial charge in [-0.15, -0.1) is 0 Å². The number of hydrogen-bond acceptors (Lipinski definition) is 5. The number of amides is 2. The van der Waals surface area contributed by atoms with Gasteiger partial charge in [0.2, 0.25) is 6.79 Å². The predicted molar refractivity (Wildman–Crippen MR) is 122 cm³/mol. The molecule has 2 N–H and O–H groups in total. The van der Waals surface area contributed by atoms with Crippen LogP contribution in [0.5, 0.6) is 23.0 Å². The van der Waals surface area contributed by atoms with Gasteiger partial charge in [-0.3, -0.25) is 0 Å². The first kappa shape index (κ1) is 21.4. The second-order valence-electron chi connectivity index (χ2n) is 7.44. The molecule has 0 bridgehead atoms. The van der Waals surface area contributed by atoms with E-state index in [4.69, 9.17) is 18.9 Å². The molecule has 166 valence electrons. The number of nitrogens with one attached hydrogen (secondary N) is 2. The molecule has 1 aliphatic heterocycles. The lowest BCUT2D eigenvalue weighted by molar-refractivity contribution is 0.174. The molecule has 7 heteroatoms. The molecule has 0 unspecified atom stereocenters. The minimum atomic E-state index is -0.310. The Morgan fingerprint density at radius 2 is 1.69 bits per heavy atom. The Morgan fingerprint density at radius 3 is 2.47 bits per heavy atom. The minimum Gasteiger partial charge on any atom is -0.497 e. The first-order valence-electron chi connectivity index (χ1n) is 10.4. The van der Waals surface area contributed by atoms with Crippen LogP contribution < -0.4 is 29.6 Å². The highest BCUT2D eigenvalue weighted by Gasteiger charge is 2.18. The van der Waals surface area contributed by atoms with Crippen LogP contribution in [0.2, 0.25) is 0 Å². The molecule has 7 nitrogen and oxygen atoms in total. The minimum absolute atomic E-state index is 0.137. The molecular formula is C25H26N2O5. The van der Waals surface area contributed by atoms with E-state index in [2.05, 4.69) is 22.8 Å². The summed E-state index contributed by atoms with van der Waals surface area (Å²) in [7, 11) is 3.13. The number of urea groups is 1. The number of carbonyl (C=O) groups excluding carboxylic acids is 1. The van der Waals surface area contributed by atoms with E-state index in [-0.39, 0.29) is 18.9 Å². The van der Waals surface area contributed by atoms with Gasteiger partial charge < -0.3 is 29.6 Å². The summed E-state index contributed by atoms with van der Waals surface area (Å²) in [5.41, 5.74) is 2.76. The van der Waals surface area contributed by atoms with Crippen molar-refractivity contribution in [3.05, 3.63) is 77.9 Å². The molecular weight excluding hydrogens is 408 g/mol. The molecule has 1 heterocycles. The number of ether oxygens (including phenoxy) is 4. The lowest BCUT2D eigenvalue weighted by Crippen LogP contribution is -2.40. The summed E-state index contributed by atoms with van der Waals surface area (Å²) in [4.78, 5) is 12.9. The fraction of sp³-hybridized carbons (Fsp3) is 0.240. The summed E-state index contributed by atoms with van der Waals surface area (Å²) in [5, 5.41) is 5.98. The van der Waals surface area contributed by atoms with E-state index in [1.54, 1.807) is 32.4 Å². The molecule has 1 aliphatic rings. The molecule has 0 radical (unpaired) electrons. The molecule has 0 saturated carbocycles. The normalized spacial score (nSPS) is 12.7. The fourth-order valence-corrected chi connectivity index (χ4v) is 3.67. The van der Waals surface area contributed by atoms with E-state index in [0.29, 0.717) is 30.0 Å². The van der Waals surface area contributed by atoms with E-state index < -0.39 is 0 Å². The zero-order valence-electron chi connectivity index (χ0n) is 18.1. The average molecular weight is 434 g/mol. The second kappa shape index (κ2) is 9.96. The molecule has 0 aromatic heterocycles. The van der Waals surface area contributed by atoms with Crippen molar-refractivity contribution >= 4 is 11.7 Å². The number of methoxy groups -OCH3 is 2. The van der Waals surface area contributed by atoms with Crippen molar-refractivity contribution in [2.45, 2.75) is 18.9 Å². The van der Waals surface area contributed by atoms with E-state index in [9.17, 15) is 4.79 Å². The van der Waals surface area contributed by atoms with Gasteiger partial charge >= 0.3 is 6.03 Å². The SMILES string of the molecule is COc1ccc(NC(=O)N[C@@H](Cc2ccccc2)Cc2ccc3c(c2)OCO3)c(OC)c1. The van der Waals surface area contributed by atoms with Crippen LogP contribution in [0.4, 0.5) is 10.5 Å². The molecule has 3 aromatic carbocycles. The maximum Gasteiger partial charge on any atom is 0.319 e. The van der Waals surface area contributed by atoms with Crippen molar-refractivity contribution in [3.63, 3.8) is 0 Å². The van der Waals surface area contributed by atoms with E-state index in [0.717, 1.165) is 22.6 Å². The zero-order chi connectivity index (χ0) is 22.3. The number of benzene rings is 3. The number of rotatable bonds is 8. The number of anilines is 1. The zero-order valence-corrected chi connectivity index (χ0v) is 18.1. The highest BCUT2D eigenvalue weighted by Crippen LogP contribution is 2.33. The van der Waals surface area contributed by atoms with Gasteiger partial charge in [0.1, 0.15) is 11.5 Å². The lowest BCUT2D eigenvalue weighted by Gasteiger charge is -2.20. The third-order valence-electron chi connectivity index (χ3n) is 5.24. The molecule has 0 saturated heterocycles. The van der Waals surface area contributed by atoms with Crippen LogP contribution in [-0.2, 0) is 12.8 Å². The van der Waals surface area contributed by atoms with Crippen molar-refractivity contribution in [1.29, 1.82) is 0 Å². The molecule has 1 atom stereocenters. The van der Waals surface area contributed by atoms with Crippen LogP contribution >= 0.6 is 0 Å². The highest BCUT2D eigenvalue weighted by atomic mass is 16.7. The first-order valence-corrected chi connectivity index (χ1v) is 10.4. The molecule has 32 heavy (non-hydrogen) atoms. The van der Waals surface area contributed by atoms with E-state index in [1.165, 1.54) is 0 Å². The van der Waals surface area contributed by atoms with Crippen LogP contribution in [0, 0.1) is 0 Å². The monoisotopic (exact) mass is 434 g/mol. The summed E-state index contributed by atoms with van der Waals surface area (Å²) in [5.74, 6) is 2.64. The summed E-state index contributed by atoms with van der Waals surface area (Å²) in [6.07, 6.45) is 1.32. The number of carbonyl (C=O) groups is 1. The van der Waals surface area contributed by atoms with Crippen molar-refractivity contribution < 1.29 is 23.7 Å². The molecule has 0 fully saturated rings. The van der Waals surface area contributed by atoms with Gasteiger partial charge in [-0.1, -0.05) is 36.4 Å². The first-order chi connectivity index (χ1) is 15.6. The summed E-state index contributed by atoms with van der Waals surface area (Å²) in [6.45, 7) is 0.233. The Balaban J connectivity index is 1.49. The Hall–Kier alpha value is -3.87. The molecule has 4 rings (SSSR count). The maximum atomic E-state index is 12.9. The lowest BCUT2D eigenvalue weighted by atomic mass is 9.98. The molecule has 0 spiro atoms. The Labute approximate surface area is 187 Å². The van der Waals surface area contributed by atoms with Crippen LogP contribution in [0.3, 0.4) is 0 Å². The smallest absolute Gasteiger partial charge is 0.319 e. The van der Waals surface area contributed by atoms with E-state index >= 15 is 0 Å². The summed E-state index contributed by atoms with van der Waals surface area (Å²) in [6, 6.07) is 20.7. The van der Waals surface area contributed by atoms with Crippen LogP contribution in [0.25, 0.3) is 0 Å². The topological polar surface area (TPSA) is 78.1 Å². The van der Waals surface area contributed by atoms with Gasteiger partial charge in [0, 0.05) is 12.1 Å². The fourth-order valence-electron chi connectivity index (χ4n) is 3.67. The Bertz CT molecular complexity index is 1070. The van der Waals surface area contributed by atoms with Gasteiger partial charge in [0.25, 0.3) is 0 Å². The molecule has 3 aromatic rings. The van der Waals surface area contributed by atoms with Crippen molar-refractivity contribution in [2.75, 3.05) is 26.3 Å². The second-order valence-corrected chi connectivity index (χ2v) is 7.44. The third kappa shape index (κ3) is 5.24. The van der Waals surface area contributed by atoms with Gasteiger partial charge in [-0.25, -0.2) is 4.79 Å². The van der Waals surface area contributed by atoms with Crippen molar-refractivity contribution in [2.24, 2.45) is 0 Å². The van der Waals surface area contributed by atoms with Gasteiger partial charge in [-0.05, 0) is 48.2 Å². The van der Waals surface area contributed by atoms with Crippen LogP contribution in [0.15, 0.2) is 66.7 Å². The van der Waals surface area contributed by atoms with E-state index in [1.807, 2.05) is 36.4 Å². The largest absolute Gasteiger partial charge is 0.497 e. The molecule has 0 aliphatic carbocycles. The standard InChI is InChI=1S/C25H26N2O5/c1-29-20-9-10-21(23(15-20)30-2)27-25(28)26-19(12-17-6-4-3-5-7-17)13-18-8-11-22-24(14-18)32-16-31-22/h3-11,14-15,19H,12-13,16H2,1-2H3,(H2,26,27,28)/t19-/m0/s1. The Morgan fingerprint density at radius 1 is 0.906 bits per heavy atom. The quantitative estimate of drug-likeness (QED) is 0.549. The van der Waals surface area contributed by atoms with Gasteiger partial charge in [0.05, 0.1) is 19.9 Å². The average Bonchev–Trinajstić information content (AvgIpc) is 3.28. The predicted octanol–water partition coefficient (Wildman–Crippen LogP) is 4.41. The third-order valence-corrected chi connectivity index (χ3v) is 5.24. The summed E-state index contributed by atoms with van der Waals surface area (Å²) < 4.78 is 21.5. The Kier molecular flexibility index (Phi) is 6.65.